The fraction of sp³-hybridized carbons (Fsp3) is 0.250. The van der Waals surface area contributed by atoms with Crippen LogP contribution in [0.5, 0.6) is 0 Å². The number of rotatable bonds is 3. The van der Waals surface area contributed by atoms with Gasteiger partial charge in [0.15, 0.2) is 0 Å². The zero-order valence-corrected chi connectivity index (χ0v) is 14.5. The van der Waals surface area contributed by atoms with E-state index in [9.17, 15) is 14.4 Å². The summed E-state index contributed by atoms with van der Waals surface area (Å²) in [7, 11) is 0. The van der Waals surface area contributed by atoms with E-state index < -0.39 is 29.7 Å². The van der Waals surface area contributed by atoms with Crippen molar-refractivity contribution in [2.45, 2.75) is 25.6 Å². The van der Waals surface area contributed by atoms with Gasteiger partial charge in [0.1, 0.15) is 0 Å². The summed E-state index contributed by atoms with van der Waals surface area (Å²) < 4.78 is 5.63. The van der Waals surface area contributed by atoms with Crippen molar-refractivity contribution in [3.8, 4) is 0 Å². The minimum absolute atomic E-state index is 0.205. The molecule has 1 fully saturated rings. The molecule has 0 unspecified atom stereocenters. The number of esters is 1. The van der Waals surface area contributed by atoms with E-state index in [1.165, 1.54) is 4.90 Å². The first-order valence-corrected chi connectivity index (χ1v) is 8.55. The molecule has 2 atom stereocenters. The second-order valence-electron chi connectivity index (χ2n) is 6.37. The monoisotopic (exact) mass is 350 g/mol. The lowest BCUT2D eigenvalue weighted by Crippen LogP contribution is -2.48. The van der Waals surface area contributed by atoms with Crippen LogP contribution < -0.4 is 0 Å². The first-order chi connectivity index (χ1) is 12.5. The van der Waals surface area contributed by atoms with Gasteiger partial charge in [0, 0.05) is 12.1 Å². The van der Waals surface area contributed by atoms with Crippen molar-refractivity contribution in [3.05, 3.63) is 71.3 Å². The van der Waals surface area contributed by atoms with Crippen molar-refractivity contribution in [2.24, 2.45) is 0 Å². The van der Waals surface area contributed by atoms with Crippen molar-refractivity contribution < 1.29 is 19.1 Å². The molecule has 6 nitrogen and oxygen atoms in total. The molecule has 26 heavy (non-hydrogen) atoms. The maximum Gasteiger partial charge on any atom is 0.341 e. The number of ether oxygens (including phenoxy) is 1. The number of likely N-dealkylation sites (N-methyl/N-ethyl adjacent to an activating group) is 1. The van der Waals surface area contributed by atoms with Gasteiger partial charge in [-0.3, -0.25) is 14.6 Å². The van der Waals surface area contributed by atoms with Crippen LogP contribution in [0.2, 0.25) is 0 Å². The van der Waals surface area contributed by atoms with Crippen molar-refractivity contribution >= 4 is 17.9 Å². The normalized spacial score (nSPS) is 22.8. The van der Waals surface area contributed by atoms with Crippen LogP contribution in [0.15, 0.2) is 54.6 Å². The quantitative estimate of drug-likeness (QED) is 0.630. The second kappa shape index (κ2) is 5.69. The molecule has 6 heteroatoms. The van der Waals surface area contributed by atoms with E-state index in [-0.39, 0.29) is 6.54 Å². The largest absolute Gasteiger partial charge is 0.421 e. The highest BCUT2D eigenvalue weighted by atomic mass is 16.6. The average Bonchev–Trinajstić information content (AvgIpc) is 3.07. The summed E-state index contributed by atoms with van der Waals surface area (Å²) in [5, 5.41) is 0. The molecule has 2 aromatic rings. The van der Waals surface area contributed by atoms with Gasteiger partial charge in [0.25, 0.3) is 5.72 Å². The summed E-state index contributed by atoms with van der Waals surface area (Å²) in [4.78, 5) is 41.3. The molecular formula is C20H18N2O4. The maximum atomic E-state index is 13.2. The molecule has 2 aliphatic rings. The number of amides is 3. The summed E-state index contributed by atoms with van der Waals surface area (Å²) >= 11 is 0. The molecule has 4 rings (SSSR count). The summed E-state index contributed by atoms with van der Waals surface area (Å²) in [6.07, 6.45) is 0. The van der Waals surface area contributed by atoms with Crippen molar-refractivity contribution in [1.29, 1.82) is 0 Å². The predicted molar refractivity (Wildman–Crippen MR) is 93.0 cm³/mol. The SMILES string of the molecule is CCN1C(=O)N([C@@H](C)c2ccccc2)[C@@]2(OC(=O)c3ccccc32)C1=O. The van der Waals surface area contributed by atoms with Crippen LogP contribution in [0.25, 0.3) is 0 Å². The number of carbonyl (C=O) groups is 3. The molecule has 0 radical (unpaired) electrons. The van der Waals surface area contributed by atoms with Gasteiger partial charge in [-0.25, -0.2) is 9.59 Å². The third kappa shape index (κ3) is 1.95. The topological polar surface area (TPSA) is 66.9 Å². The summed E-state index contributed by atoms with van der Waals surface area (Å²) in [5.41, 5.74) is -0.152. The van der Waals surface area contributed by atoms with Crippen LogP contribution in [0.4, 0.5) is 4.79 Å². The number of fused-ring (bicyclic) bond motifs is 2. The lowest BCUT2D eigenvalue weighted by atomic mass is 9.96. The van der Waals surface area contributed by atoms with Gasteiger partial charge in [0.2, 0.25) is 0 Å². The van der Waals surface area contributed by atoms with Crippen LogP contribution in [-0.2, 0) is 15.3 Å². The van der Waals surface area contributed by atoms with Gasteiger partial charge >= 0.3 is 17.9 Å². The highest BCUT2D eigenvalue weighted by Gasteiger charge is 2.66. The Balaban J connectivity index is 1.93. The smallest absolute Gasteiger partial charge is 0.341 e. The third-order valence-electron chi connectivity index (χ3n) is 5.05. The summed E-state index contributed by atoms with van der Waals surface area (Å²) in [6.45, 7) is 3.76. The number of carbonyl (C=O) groups excluding carboxylic acids is 3. The minimum Gasteiger partial charge on any atom is -0.421 e. The van der Waals surface area contributed by atoms with Gasteiger partial charge in [-0.05, 0) is 25.5 Å². The van der Waals surface area contributed by atoms with Crippen LogP contribution in [0, 0.1) is 0 Å². The number of benzene rings is 2. The summed E-state index contributed by atoms with van der Waals surface area (Å²) in [5.74, 6) is -1.11. The number of urea groups is 1. The van der Waals surface area contributed by atoms with E-state index >= 15 is 0 Å². The van der Waals surface area contributed by atoms with E-state index in [1.54, 1.807) is 31.2 Å². The Hall–Kier alpha value is -3.15. The zero-order chi connectivity index (χ0) is 18.5. The molecule has 2 aliphatic heterocycles. The van der Waals surface area contributed by atoms with Gasteiger partial charge in [-0.1, -0.05) is 48.5 Å². The predicted octanol–water partition coefficient (Wildman–Crippen LogP) is 3.06. The minimum atomic E-state index is -1.74. The molecule has 2 aromatic carbocycles. The number of imide groups is 1. The lowest BCUT2D eigenvalue weighted by Gasteiger charge is -2.35. The van der Waals surface area contributed by atoms with Crippen LogP contribution >= 0.6 is 0 Å². The molecule has 1 spiro atoms. The highest BCUT2D eigenvalue weighted by Crippen LogP contribution is 2.48. The van der Waals surface area contributed by atoms with Crippen molar-refractivity contribution in [3.63, 3.8) is 0 Å². The Labute approximate surface area is 151 Å². The van der Waals surface area contributed by atoms with Gasteiger partial charge < -0.3 is 4.74 Å². The van der Waals surface area contributed by atoms with E-state index in [1.807, 2.05) is 37.3 Å². The Morgan fingerprint density at radius 3 is 2.35 bits per heavy atom. The van der Waals surface area contributed by atoms with E-state index in [0.29, 0.717) is 11.1 Å². The molecular weight excluding hydrogens is 332 g/mol. The fourth-order valence-electron chi connectivity index (χ4n) is 3.77. The summed E-state index contributed by atoms with van der Waals surface area (Å²) in [6, 6.07) is 15.2. The first-order valence-electron chi connectivity index (χ1n) is 8.55. The van der Waals surface area contributed by atoms with Crippen LogP contribution in [0.3, 0.4) is 0 Å². The fourth-order valence-corrected chi connectivity index (χ4v) is 3.77. The average molecular weight is 350 g/mol. The van der Waals surface area contributed by atoms with E-state index in [2.05, 4.69) is 0 Å². The van der Waals surface area contributed by atoms with E-state index in [4.69, 9.17) is 4.74 Å². The molecule has 0 aliphatic carbocycles. The van der Waals surface area contributed by atoms with Gasteiger partial charge in [-0.15, -0.1) is 0 Å². The molecule has 132 valence electrons. The molecule has 1 saturated heterocycles. The maximum absolute atomic E-state index is 13.2. The Morgan fingerprint density at radius 2 is 1.65 bits per heavy atom. The highest BCUT2D eigenvalue weighted by molar-refractivity contribution is 6.11. The number of nitrogens with zero attached hydrogens (tertiary/aromatic N) is 2. The molecule has 2 heterocycles. The lowest BCUT2D eigenvalue weighted by molar-refractivity contribution is -0.156. The van der Waals surface area contributed by atoms with Crippen LogP contribution in [-0.4, -0.2) is 34.3 Å². The Morgan fingerprint density at radius 1 is 1.00 bits per heavy atom. The number of hydrogen-bond acceptors (Lipinski definition) is 4. The molecule has 0 saturated carbocycles. The molecule has 0 bridgehead atoms. The van der Waals surface area contributed by atoms with Gasteiger partial charge in [-0.2, -0.15) is 0 Å². The standard InChI is InChI=1S/C20H18N2O4/c1-3-21-18(24)20(16-12-8-7-11-15(16)17(23)26-20)22(19(21)25)13(2)14-9-5-4-6-10-14/h4-13H,3H2,1-2H3/t13-,20-/m0/s1. The van der Waals surface area contributed by atoms with Crippen LogP contribution in [0.1, 0.15) is 41.4 Å². The molecule has 0 aromatic heterocycles. The Bertz CT molecular complexity index is 911. The van der Waals surface area contributed by atoms with Gasteiger partial charge in [0.05, 0.1) is 11.6 Å². The van der Waals surface area contributed by atoms with Crippen molar-refractivity contribution in [2.75, 3.05) is 6.54 Å². The second-order valence-corrected chi connectivity index (χ2v) is 6.37. The zero-order valence-electron chi connectivity index (χ0n) is 14.5. The van der Waals surface area contributed by atoms with E-state index in [0.717, 1.165) is 10.5 Å². The molecule has 0 N–H and O–H groups in total. The van der Waals surface area contributed by atoms with Crippen molar-refractivity contribution in [1.82, 2.24) is 9.80 Å². The number of hydrogen-bond donors (Lipinski definition) is 0. The molecule has 3 amide bonds. The Kier molecular flexibility index (Phi) is 3.57. The third-order valence-corrected chi connectivity index (χ3v) is 5.05. The first kappa shape index (κ1) is 16.3.